The second-order valence-corrected chi connectivity index (χ2v) is 6.54. The highest BCUT2D eigenvalue weighted by Gasteiger charge is 2.22. The first-order chi connectivity index (χ1) is 9.19. The van der Waals surface area contributed by atoms with E-state index in [2.05, 4.69) is 4.72 Å². The second kappa shape index (κ2) is 6.23. The minimum Gasteiger partial charge on any atom is -0.496 e. The van der Waals surface area contributed by atoms with E-state index in [9.17, 15) is 13.2 Å². The number of carbonyl (C=O) groups is 1. The molecule has 20 heavy (non-hydrogen) atoms. The molecule has 1 unspecified atom stereocenters. The average Bonchev–Trinajstić information content (AvgIpc) is 2.37. The van der Waals surface area contributed by atoms with Crippen LogP contribution in [0.25, 0.3) is 0 Å². The number of hydrogen-bond donors (Lipinski definition) is 2. The third-order valence-electron chi connectivity index (χ3n) is 3.05. The predicted octanol–water partition coefficient (Wildman–Crippen LogP) is 1.72. The third kappa shape index (κ3) is 3.71. The van der Waals surface area contributed by atoms with E-state index in [0.717, 1.165) is 6.07 Å². The molecule has 0 bridgehead atoms. The van der Waals surface area contributed by atoms with Gasteiger partial charge in [0, 0.05) is 6.04 Å². The molecule has 0 aliphatic rings. The monoisotopic (exact) mass is 301 g/mol. The van der Waals surface area contributed by atoms with Crippen LogP contribution in [0.4, 0.5) is 0 Å². The highest BCUT2D eigenvalue weighted by molar-refractivity contribution is 7.89. The molecule has 1 aromatic carbocycles. The van der Waals surface area contributed by atoms with Gasteiger partial charge in [-0.2, -0.15) is 0 Å². The predicted molar refractivity (Wildman–Crippen MR) is 74.6 cm³/mol. The molecular formula is C13H19NO5S. The summed E-state index contributed by atoms with van der Waals surface area (Å²) < 4.78 is 31.8. The number of carboxylic acids is 1. The maximum absolute atomic E-state index is 12.2. The van der Waals surface area contributed by atoms with Crippen molar-refractivity contribution < 1.29 is 23.1 Å². The molecule has 0 saturated carbocycles. The van der Waals surface area contributed by atoms with Crippen LogP contribution in [0.3, 0.4) is 0 Å². The number of hydrogen-bond acceptors (Lipinski definition) is 4. The van der Waals surface area contributed by atoms with Crippen LogP contribution in [0.1, 0.15) is 31.1 Å². The number of carboxylic acid groups (broad SMARTS) is 1. The molecule has 0 aromatic heterocycles. The Labute approximate surface area is 118 Å². The summed E-state index contributed by atoms with van der Waals surface area (Å²) in [7, 11) is -2.43. The van der Waals surface area contributed by atoms with E-state index in [4.69, 9.17) is 9.84 Å². The van der Waals surface area contributed by atoms with Crippen molar-refractivity contribution in [3.05, 3.63) is 23.8 Å². The van der Waals surface area contributed by atoms with E-state index >= 15 is 0 Å². The van der Waals surface area contributed by atoms with Gasteiger partial charge in [-0.3, -0.25) is 0 Å². The number of aromatic carboxylic acids is 1. The normalized spacial score (nSPS) is 13.2. The van der Waals surface area contributed by atoms with Crippen molar-refractivity contribution in [2.75, 3.05) is 7.11 Å². The van der Waals surface area contributed by atoms with Crippen LogP contribution in [0.15, 0.2) is 23.1 Å². The SMILES string of the molecule is COc1ccc(S(=O)(=O)NC(C)C(C)C)cc1C(=O)O. The summed E-state index contributed by atoms with van der Waals surface area (Å²) in [4.78, 5) is 11.0. The first-order valence-electron chi connectivity index (χ1n) is 6.12. The Morgan fingerprint density at radius 2 is 1.90 bits per heavy atom. The van der Waals surface area contributed by atoms with Crippen molar-refractivity contribution in [3.63, 3.8) is 0 Å². The molecule has 0 aliphatic carbocycles. The number of ether oxygens (including phenoxy) is 1. The standard InChI is InChI=1S/C13H19NO5S/c1-8(2)9(3)14-20(17,18)10-5-6-12(19-4)11(7-10)13(15)16/h5-9,14H,1-4H3,(H,15,16). The fourth-order valence-electron chi connectivity index (χ4n) is 1.47. The summed E-state index contributed by atoms with van der Waals surface area (Å²) in [6.45, 7) is 5.54. The van der Waals surface area contributed by atoms with Crippen LogP contribution in [0.5, 0.6) is 5.75 Å². The Hall–Kier alpha value is -1.60. The number of methoxy groups -OCH3 is 1. The van der Waals surface area contributed by atoms with Gasteiger partial charge in [0.05, 0.1) is 12.0 Å². The zero-order valence-corrected chi connectivity index (χ0v) is 12.7. The van der Waals surface area contributed by atoms with E-state index in [1.54, 1.807) is 6.92 Å². The number of sulfonamides is 1. The molecule has 2 N–H and O–H groups in total. The first-order valence-corrected chi connectivity index (χ1v) is 7.61. The maximum atomic E-state index is 12.2. The highest BCUT2D eigenvalue weighted by Crippen LogP contribution is 2.22. The molecule has 1 atom stereocenters. The van der Waals surface area contributed by atoms with Crippen molar-refractivity contribution in [3.8, 4) is 5.75 Å². The largest absolute Gasteiger partial charge is 0.496 e. The molecule has 0 fully saturated rings. The van der Waals surface area contributed by atoms with Crippen LogP contribution in [-0.2, 0) is 10.0 Å². The molecule has 1 rings (SSSR count). The molecule has 0 heterocycles. The van der Waals surface area contributed by atoms with Gasteiger partial charge in [0.2, 0.25) is 10.0 Å². The Balaban J connectivity index is 3.20. The second-order valence-electron chi connectivity index (χ2n) is 4.82. The minimum absolute atomic E-state index is 0.0943. The fourth-order valence-corrected chi connectivity index (χ4v) is 2.89. The summed E-state index contributed by atoms with van der Waals surface area (Å²) in [5.74, 6) is -0.994. The van der Waals surface area contributed by atoms with E-state index in [1.807, 2.05) is 13.8 Å². The van der Waals surface area contributed by atoms with Crippen molar-refractivity contribution in [2.24, 2.45) is 5.92 Å². The van der Waals surface area contributed by atoms with Crippen LogP contribution in [0.2, 0.25) is 0 Å². The lowest BCUT2D eigenvalue weighted by atomic mass is 10.1. The van der Waals surface area contributed by atoms with Gasteiger partial charge in [0.1, 0.15) is 11.3 Å². The maximum Gasteiger partial charge on any atom is 0.339 e. The molecule has 6 nitrogen and oxygen atoms in total. The first kappa shape index (κ1) is 16.5. The zero-order chi connectivity index (χ0) is 15.5. The van der Waals surface area contributed by atoms with Crippen molar-refractivity contribution in [1.82, 2.24) is 4.72 Å². The Morgan fingerprint density at radius 3 is 2.35 bits per heavy atom. The van der Waals surface area contributed by atoms with Crippen molar-refractivity contribution in [2.45, 2.75) is 31.7 Å². The summed E-state index contributed by atoms with van der Waals surface area (Å²) >= 11 is 0. The molecule has 0 spiro atoms. The van der Waals surface area contributed by atoms with Gasteiger partial charge in [0.25, 0.3) is 0 Å². The van der Waals surface area contributed by atoms with Crippen LogP contribution in [0, 0.1) is 5.92 Å². The summed E-state index contributed by atoms with van der Waals surface area (Å²) in [5, 5.41) is 9.06. The highest BCUT2D eigenvalue weighted by atomic mass is 32.2. The number of benzene rings is 1. The molecule has 7 heteroatoms. The number of nitrogens with one attached hydrogen (secondary N) is 1. The lowest BCUT2D eigenvalue weighted by Crippen LogP contribution is -2.36. The summed E-state index contributed by atoms with van der Waals surface area (Å²) in [6.07, 6.45) is 0. The van der Waals surface area contributed by atoms with E-state index < -0.39 is 16.0 Å². The van der Waals surface area contributed by atoms with Gasteiger partial charge < -0.3 is 9.84 Å². The van der Waals surface area contributed by atoms with Gasteiger partial charge >= 0.3 is 5.97 Å². The Kier molecular flexibility index (Phi) is 5.13. The van der Waals surface area contributed by atoms with E-state index in [-0.39, 0.29) is 28.2 Å². The van der Waals surface area contributed by atoms with Crippen molar-refractivity contribution in [1.29, 1.82) is 0 Å². The molecule has 1 aromatic rings. The topological polar surface area (TPSA) is 92.7 Å². The summed E-state index contributed by atoms with van der Waals surface area (Å²) in [5.41, 5.74) is -0.187. The van der Waals surface area contributed by atoms with Gasteiger partial charge in [0.15, 0.2) is 0 Å². The van der Waals surface area contributed by atoms with Gasteiger partial charge in [-0.15, -0.1) is 0 Å². The van der Waals surface area contributed by atoms with Crippen LogP contribution in [-0.4, -0.2) is 32.6 Å². The Bertz CT molecular complexity index is 595. The van der Waals surface area contributed by atoms with E-state index in [0.29, 0.717) is 0 Å². The minimum atomic E-state index is -3.75. The Morgan fingerprint density at radius 1 is 1.30 bits per heavy atom. The van der Waals surface area contributed by atoms with E-state index in [1.165, 1.54) is 19.2 Å². The lowest BCUT2D eigenvalue weighted by Gasteiger charge is -2.18. The molecule has 0 aliphatic heterocycles. The van der Waals surface area contributed by atoms with Crippen molar-refractivity contribution >= 4 is 16.0 Å². The fraction of sp³-hybridized carbons (Fsp3) is 0.462. The van der Waals surface area contributed by atoms with Crippen LogP contribution >= 0.6 is 0 Å². The van der Waals surface area contributed by atoms with Gasteiger partial charge in [-0.25, -0.2) is 17.9 Å². The molecular weight excluding hydrogens is 282 g/mol. The average molecular weight is 301 g/mol. The molecule has 0 amide bonds. The lowest BCUT2D eigenvalue weighted by molar-refractivity contribution is 0.0693. The quantitative estimate of drug-likeness (QED) is 0.834. The van der Waals surface area contributed by atoms with Gasteiger partial charge in [-0.05, 0) is 31.0 Å². The zero-order valence-electron chi connectivity index (χ0n) is 11.9. The smallest absolute Gasteiger partial charge is 0.339 e. The summed E-state index contributed by atoms with van der Waals surface area (Å²) in [6, 6.07) is 3.49. The third-order valence-corrected chi connectivity index (χ3v) is 4.61. The molecule has 0 saturated heterocycles. The number of rotatable bonds is 6. The molecule has 0 radical (unpaired) electrons. The van der Waals surface area contributed by atoms with Gasteiger partial charge in [-0.1, -0.05) is 13.8 Å². The van der Waals surface area contributed by atoms with Crippen LogP contribution < -0.4 is 9.46 Å². The molecule has 112 valence electrons.